The summed E-state index contributed by atoms with van der Waals surface area (Å²) >= 11 is 0. The van der Waals surface area contributed by atoms with Crippen LogP contribution in [0, 0.1) is 22.7 Å². The third-order valence-electron chi connectivity index (χ3n) is 6.36. The molecule has 4 atom stereocenters. The van der Waals surface area contributed by atoms with Gasteiger partial charge in [-0.05, 0) is 36.0 Å². The minimum atomic E-state index is -0.998. The van der Waals surface area contributed by atoms with Gasteiger partial charge in [0.15, 0.2) is 0 Å². The average molecular weight is 294 g/mol. The fourth-order valence-corrected chi connectivity index (χ4v) is 5.62. The lowest BCUT2D eigenvalue weighted by Crippen LogP contribution is -2.58. The van der Waals surface area contributed by atoms with Crippen molar-refractivity contribution in [1.82, 2.24) is 0 Å². The van der Waals surface area contributed by atoms with Crippen LogP contribution in [-0.2, 0) is 19.1 Å². The number of esters is 2. The van der Waals surface area contributed by atoms with Crippen molar-refractivity contribution in [3.63, 3.8) is 0 Å². The molecule has 0 aromatic carbocycles. The Morgan fingerprint density at radius 2 is 1.90 bits per heavy atom. The first-order chi connectivity index (χ1) is 9.70. The summed E-state index contributed by atoms with van der Waals surface area (Å²) in [5.74, 6) is -1.01. The molecular weight excluding hydrogens is 268 g/mol. The van der Waals surface area contributed by atoms with E-state index in [0.29, 0.717) is 18.8 Å². The summed E-state index contributed by atoms with van der Waals surface area (Å²) < 4.78 is 11.1. The minimum absolute atomic E-state index is 0.000255. The van der Waals surface area contributed by atoms with Crippen LogP contribution in [0.2, 0.25) is 0 Å². The highest BCUT2D eigenvalue weighted by Gasteiger charge is 2.66. The van der Waals surface area contributed by atoms with Gasteiger partial charge in [-0.15, -0.1) is 0 Å². The van der Waals surface area contributed by atoms with Gasteiger partial charge in [-0.3, -0.25) is 9.59 Å². The van der Waals surface area contributed by atoms with E-state index < -0.39 is 5.79 Å². The predicted molar refractivity (Wildman–Crippen MR) is 77.2 cm³/mol. The van der Waals surface area contributed by atoms with Crippen molar-refractivity contribution in [3.05, 3.63) is 0 Å². The fourth-order valence-electron chi connectivity index (χ4n) is 5.62. The maximum absolute atomic E-state index is 12.0. The summed E-state index contributed by atoms with van der Waals surface area (Å²) in [6.45, 7) is 8.36. The molecule has 2 saturated carbocycles. The molecule has 3 rings (SSSR count). The van der Waals surface area contributed by atoms with E-state index in [0.717, 1.165) is 12.8 Å². The molecule has 2 aliphatic carbocycles. The van der Waals surface area contributed by atoms with Crippen molar-refractivity contribution >= 4 is 11.9 Å². The van der Waals surface area contributed by atoms with Gasteiger partial charge < -0.3 is 9.47 Å². The van der Waals surface area contributed by atoms with Crippen LogP contribution < -0.4 is 0 Å². The lowest BCUT2D eigenvalue weighted by atomic mass is 9.47. The Hall–Kier alpha value is -1.06. The molecule has 0 bridgehead atoms. The number of fused-ring (bicyclic) bond motifs is 3. The third-order valence-corrected chi connectivity index (χ3v) is 6.36. The number of ether oxygens (including phenoxy) is 2. The van der Waals surface area contributed by atoms with Crippen molar-refractivity contribution in [1.29, 1.82) is 0 Å². The SMILES string of the molecule is CC(=O)O[C@]12CC[C@H]3C(C)(C)CCC[C@]3(C)[C@H]1CC(=O)O2. The van der Waals surface area contributed by atoms with Crippen LogP contribution in [-0.4, -0.2) is 17.7 Å². The zero-order valence-corrected chi connectivity index (χ0v) is 13.5. The molecule has 21 heavy (non-hydrogen) atoms. The van der Waals surface area contributed by atoms with E-state index in [1.807, 2.05) is 0 Å². The largest absolute Gasteiger partial charge is 0.422 e. The maximum atomic E-state index is 12.0. The van der Waals surface area contributed by atoms with E-state index >= 15 is 0 Å². The third kappa shape index (κ3) is 2.09. The van der Waals surface area contributed by atoms with Crippen LogP contribution in [0.1, 0.15) is 66.2 Å². The van der Waals surface area contributed by atoms with Gasteiger partial charge in [0.2, 0.25) is 0 Å². The molecule has 3 fully saturated rings. The highest BCUT2D eigenvalue weighted by Crippen LogP contribution is 2.65. The van der Waals surface area contributed by atoms with Gasteiger partial charge in [-0.25, -0.2) is 0 Å². The zero-order valence-electron chi connectivity index (χ0n) is 13.5. The number of hydrogen-bond donors (Lipinski definition) is 0. The van der Waals surface area contributed by atoms with Gasteiger partial charge in [0.05, 0.1) is 12.3 Å². The first kappa shape index (κ1) is 14.9. The van der Waals surface area contributed by atoms with E-state index in [2.05, 4.69) is 20.8 Å². The summed E-state index contributed by atoms with van der Waals surface area (Å²) in [4.78, 5) is 23.5. The Bertz CT molecular complexity index is 483. The lowest BCUT2D eigenvalue weighted by molar-refractivity contribution is -0.267. The molecule has 1 aliphatic heterocycles. The van der Waals surface area contributed by atoms with Gasteiger partial charge in [0, 0.05) is 13.3 Å². The standard InChI is InChI=1S/C17H26O4/c1-11(18)20-17-9-6-12-15(2,3)7-5-8-16(12,4)13(17)10-14(19)21-17/h12-13H,5-10H2,1-4H3/t12-,13+,16-,17-/m0/s1. The minimum Gasteiger partial charge on any atom is -0.422 e. The molecular formula is C17H26O4. The van der Waals surface area contributed by atoms with E-state index in [-0.39, 0.29) is 28.7 Å². The second-order valence-electron chi connectivity index (χ2n) is 8.08. The van der Waals surface area contributed by atoms with Crippen molar-refractivity contribution in [2.75, 3.05) is 0 Å². The van der Waals surface area contributed by atoms with Crippen LogP contribution >= 0.6 is 0 Å². The van der Waals surface area contributed by atoms with Gasteiger partial charge in [0.25, 0.3) is 5.79 Å². The molecule has 3 aliphatic rings. The quantitative estimate of drug-likeness (QED) is 0.695. The van der Waals surface area contributed by atoms with Gasteiger partial charge in [-0.2, -0.15) is 0 Å². The van der Waals surface area contributed by atoms with Crippen LogP contribution in [0.15, 0.2) is 0 Å². The molecule has 0 amide bonds. The lowest BCUT2D eigenvalue weighted by Gasteiger charge is -2.59. The highest BCUT2D eigenvalue weighted by atomic mass is 16.7. The van der Waals surface area contributed by atoms with Crippen LogP contribution in [0.25, 0.3) is 0 Å². The monoisotopic (exact) mass is 294 g/mol. The van der Waals surface area contributed by atoms with E-state index in [4.69, 9.17) is 9.47 Å². The molecule has 1 heterocycles. The van der Waals surface area contributed by atoms with Crippen LogP contribution in [0.4, 0.5) is 0 Å². The van der Waals surface area contributed by atoms with Crippen LogP contribution in [0.5, 0.6) is 0 Å². The predicted octanol–water partition coefficient (Wildman–Crippen LogP) is 3.44. The van der Waals surface area contributed by atoms with Gasteiger partial charge in [-0.1, -0.05) is 27.2 Å². The second-order valence-corrected chi connectivity index (χ2v) is 8.08. The van der Waals surface area contributed by atoms with Crippen molar-refractivity contribution in [2.24, 2.45) is 22.7 Å². The average Bonchev–Trinajstić information content (AvgIpc) is 2.64. The number of hydrogen-bond acceptors (Lipinski definition) is 4. The zero-order chi connectivity index (χ0) is 15.5. The molecule has 0 radical (unpaired) electrons. The van der Waals surface area contributed by atoms with Crippen molar-refractivity contribution in [2.45, 2.75) is 72.0 Å². The first-order valence-electron chi connectivity index (χ1n) is 8.11. The number of carbonyl (C=O) groups is 2. The molecule has 0 N–H and O–H groups in total. The molecule has 0 aromatic heterocycles. The smallest absolute Gasteiger partial charge is 0.309 e. The molecule has 4 nitrogen and oxygen atoms in total. The molecule has 0 unspecified atom stereocenters. The summed E-state index contributed by atoms with van der Waals surface area (Å²) in [7, 11) is 0. The van der Waals surface area contributed by atoms with Crippen LogP contribution in [0.3, 0.4) is 0 Å². The van der Waals surface area contributed by atoms with Gasteiger partial charge >= 0.3 is 11.9 Å². The van der Waals surface area contributed by atoms with Crippen molar-refractivity contribution < 1.29 is 19.1 Å². The Balaban J connectivity index is 2.00. The van der Waals surface area contributed by atoms with Crippen molar-refractivity contribution in [3.8, 4) is 0 Å². The summed E-state index contributed by atoms with van der Waals surface area (Å²) in [6.07, 6.45) is 5.48. The topological polar surface area (TPSA) is 52.6 Å². The Morgan fingerprint density at radius 1 is 1.19 bits per heavy atom. The summed E-state index contributed by atoms with van der Waals surface area (Å²) in [6, 6.07) is 0. The molecule has 0 spiro atoms. The molecule has 0 aromatic rings. The molecule has 118 valence electrons. The summed E-state index contributed by atoms with van der Waals surface area (Å²) in [5, 5.41) is 0. The first-order valence-corrected chi connectivity index (χ1v) is 8.11. The highest BCUT2D eigenvalue weighted by molar-refractivity contribution is 5.74. The van der Waals surface area contributed by atoms with E-state index in [1.54, 1.807) is 0 Å². The normalized spacial score (nSPS) is 44.5. The summed E-state index contributed by atoms with van der Waals surface area (Å²) in [5.41, 5.74) is 0.294. The number of rotatable bonds is 1. The Morgan fingerprint density at radius 3 is 2.57 bits per heavy atom. The van der Waals surface area contributed by atoms with E-state index in [9.17, 15) is 9.59 Å². The molecule has 1 saturated heterocycles. The molecule has 4 heteroatoms. The van der Waals surface area contributed by atoms with Gasteiger partial charge in [0.1, 0.15) is 0 Å². The Kier molecular flexibility index (Phi) is 3.16. The van der Waals surface area contributed by atoms with E-state index in [1.165, 1.54) is 19.8 Å². The number of carbonyl (C=O) groups excluding carboxylic acids is 2. The Labute approximate surface area is 126 Å². The second kappa shape index (κ2) is 4.47. The fraction of sp³-hybridized carbons (Fsp3) is 0.882. The maximum Gasteiger partial charge on any atom is 0.309 e.